The molecule has 1 aromatic rings. The van der Waals surface area contributed by atoms with Gasteiger partial charge in [0.15, 0.2) is 0 Å². The minimum absolute atomic E-state index is 0.0611. The van der Waals surface area contributed by atoms with E-state index in [0.717, 1.165) is 30.4 Å². The van der Waals surface area contributed by atoms with Crippen LogP contribution >= 0.6 is 0 Å². The molecule has 2 rings (SSSR count). The first-order chi connectivity index (χ1) is 9.38. The number of hydrogen-bond acceptors (Lipinski definition) is 3. The van der Waals surface area contributed by atoms with Crippen LogP contribution in [0.3, 0.4) is 0 Å². The van der Waals surface area contributed by atoms with E-state index in [9.17, 15) is 0 Å². The number of nitrogens with two attached hydrogens (primary N) is 1. The summed E-state index contributed by atoms with van der Waals surface area (Å²) in [6, 6.07) is 4.29. The number of nitrogens with zero attached hydrogens (tertiary/aromatic N) is 2. The second kappa shape index (κ2) is 6.13. The summed E-state index contributed by atoms with van der Waals surface area (Å²) in [6.07, 6.45) is 5.78. The third kappa shape index (κ3) is 3.72. The van der Waals surface area contributed by atoms with E-state index in [1.54, 1.807) is 0 Å². The highest BCUT2D eigenvalue weighted by Crippen LogP contribution is 2.34. The zero-order valence-corrected chi connectivity index (χ0v) is 13.4. The van der Waals surface area contributed by atoms with E-state index in [-0.39, 0.29) is 6.04 Å². The van der Waals surface area contributed by atoms with Gasteiger partial charge in [-0.25, -0.2) is 4.98 Å². The molecule has 0 aliphatic carbocycles. The van der Waals surface area contributed by atoms with Crippen LogP contribution in [0.5, 0.6) is 0 Å². The van der Waals surface area contributed by atoms with Gasteiger partial charge in [0.1, 0.15) is 5.82 Å². The number of rotatable bonds is 2. The smallest absolute Gasteiger partial charge is 0.128 e. The van der Waals surface area contributed by atoms with Gasteiger partial charge in [0.2, 0.25) is 0 Å². The molecule has 0 aromatic carbocycles. The number of anilines is 1. The summed E-state index contributed by atoms with van der Waals surface area (Å²) in [7, 11) is 0. The van der Waals surface area contributed by atoms with Crippen molar-refractivity contribution < 1.29 is 0 Å². The molecule has 1 saturated heterocycles. The average molecular weight is 275 g/mol. The highest BCUT2D eigenvalue weighted by molar-refractivity contribution is 5.39. The molecular weight excluding hydrogens is 246 g/mol. The minimum atomic E-state index is 0.0611. The summed E-state index contributed by atoms with van der Waals surface area (Å²) < 4.78 is 0. The van der Waals surface area contributed by atoms with Crippen molar-refractivity contribution >= 4 is 5.82 Å². The van der Waals surface area contributed by atoms with E-state index >= 15 is 0 Å². The van der Waals surface area contributed by atoms with Crippen molar-refractivity contribution in [3.63, 3.8) is 0 Å². The Morgan fingerprint density at radius 3 is 2.55 bits per heavy atom. The summed E-state index contributed by atoms with van der Waals surface area (Å²) in [5, 5.41) is 0. The molecule has 20 heavy (non-hydrogen) atoms. The zero-order chi connectivity index (χ0) is 14.8. The first-order valence-corrected chi connectivity index (χ1v) is 7.84. The third-order valence-electron chi connectivity index (χ3n) is 4.57. The molecule has 1 aromatic heterocycles. The van der Waals surface area contributed by atoms with Crippen LogP contribution in [-0.4, -0.2) is 18.1 Å². The van der Waals surface area contributed by atoms with Crippen molar-refractivity contribution in [1.82, 2.24) is 4.98 Å². The number of aromatic nitrogens is 1. The van der Waals surface area contributed by atoms with Crippen molar-refractivity contribution in [2.24, 2.45) is 17.1 Å². The lowest BCUT2D eigenvalue weighted by Crippen LogP contribution is -2.26. The highest BCUT2D eigenvalue weighted by atomic mass is 15.2. The Hall–Kier alpha value is -1.09. The molecular formula is C17H29N3. The van der Waals surface area contributed by atoms with E-state index < -0.39 is 0 Å². The van der Waals surface area contributed by atoms with Crippen molar-refractivity contribution in [2.45, 2.75) is 53.0 Å². The van der Waals surface area contributed by atoms with Crippen LogP contribution in [0, 0.1) is 11.3 Å². The molecule has 112 valence electrons. The Morgan fingerprint density at radius 1 is 1.25 bits per heavy atom. The van der Waals surface area contributed by atoms with E-state index in [1.807, 2.05) is 13.1 Å². The molecule has 1 unspecified atom stereocenters. The molecule has 0 radical (unpaired) electrons. The van der Waals surface area contributed by atoms with Crippen molar-refractivity contribution in [3.05, 3.63) is 23.9 Å². The largest absolute Gasteiger partial charge is 0.357 e. The van der Waals surface area contributed by atoms with E-state index in [1.165, 1.54) is 19.3 Å². The minimum Gasteiger partial charge on any atom is -0.357 e. The van der Waals surface area contributed by atoms with Crippen LogP contribution in [0.4, 0.5) is 5.82 Å². The standard InChI is InChI=1S/C17H29N3/c1-13(18)14-7-8-16(19-12-14)20-10-5-6-15(9-11-20)17(2,3)4/h7-8,12-13,15H,5-6,9-11,18H2,1-4H3/t13-,15?/m1/s1. The van der Waals surface area contributed by atoms with Gasteiger partial charge in [0.05, 0.1) is 0 Å². The van der Waals surface area contributed by atoms with Crippen LogP contribution in [0.1, 0.15) is 58.6 Å². The van der Waals surface area contributed by atoms with Crippen LogP contribution in [-0.2, 0) is 0 Å². The van der Waals surface area contributed by atoms with Crippen molar-refractivity contribution in [3.8, 4) is 0 Å². The highest BCUT2D eigenvalue weighted by Gasteiger charge is 2.27. The fraction of sp³-hybridized carbons (Fsp3) is 0.706. The van der Waals surface area contributed by atoms with Gasteiger partial charge < -0.3 is 10.6 Å². The molecule has 3 nitrogen and oxygen atoms in total. The van der Waals surface area contributed by atoms with Gasteiger partial charge in [-0.1, -0.05) is 26.8 Å². The van der Waals surface area contributed by atoms with Gasteiger partial charge in [-0.2, -0.15) is 0 Å². The molecule has 3 heteroatoms. The molecule has 2 N–H and O–H groups in total. The molecule has 1 fully saturated rings. The Labute approximate surface area is 123 Å². The summed E-state index contributed by atoms with van der Waals surface area (Å²) >= 11 is 0. The lowest BCUT2D eigenvalue weighted by Gasteiger charge is -2.30. The molecule has 2 atom stereocenters. The molecule has 1 aliphatic rings. The molecule has 0 spiro atoms. The second-order valence-electron chi connectivity index (χ2n) is 7.22. The van der Waals surface area contributed by atoms with Crippen LogP contribution in [0.2, 0.25) is 0 Å². The molecule has 0 bridgehead atoms. The Balaban J connectivity index is 2.03. The lowest BCUT2D eigenvalue weighted by atomic mass is 9.77. The zero-order valence-electron chi connectivity index (χ0n) is 13.4. The van der Waals surface area contributed by atoms with E-state index in [4.69, 9.17) is 5.73 Å². The van der Waals surface area contributed by atoms with Gasteiger partial charge >= 0.3 is 0 Å². The normalized spacial score (nSPS) is 22.4. The topological polar surface area (TPSA) is 42.1 Å². The summed E-state index contributed by atoms with van der Waals surface area (Å²) in [6.45, 7) is 11.3. The molecule has 1 aliphatic heterocycles. The SMILES string of the molecule is C[C@@H](N)c1ccc(N2CCCC(C(C)(C)C)CC2)nc1. The fourth-order valence-corrected chi connectivity index (χ4v) is 3.05. The van der Waals surface area contributed by atoms with Crippen LogP contribution < -0.4 is 10.6 Å². The number of hydrogen-bond donors (Lipinski definition) is 1. The first kappa shape index (κ1) is 15.3. The molecule has 2 heterocycles. The second-order valence-corrected chi connectivity index (χ2v) is 7.22. The van der Waals surface area contributed by atoms with Crippen LogP contribution in [0.15, 0.2) is 18.3 Å². The maximum atomic E-state index is 5.88. The van der Waals surface area contributed by atoms with E-state index in [0.29, 0.717) is 5.41 Å². The van der Waals surface area contributed by atoms with Gasteiger partial charge in [0.25, 0.3) is 0 Å². The van der Waals surface area contributed by atoms with Gasteiger partial charge in [-0.3, -0.25) is 0 Å². The van der Waals surface area contributed by atoms with Gasteiger partial charge in [-0.05, 0) is 49.1 Å². The molecule has 0 saturated carbocycles. The summed E-state index contributed by atoms with van der Waals surface area (Å²) in [5.74, 6) is 1.92. The van der Waals surface area contributed by atoms with Gasteiger partial charge in [0, 0.05) is 25.3 Å². The van der Waals surface area contributed by atoms with Crippen molar-refractivity contribution in [1.29, 1.82) is 0 Å². The third-order valence-corrected chi connectivity index (χ3v) is 4.57. The monoisotopic (exact) mass is 275 g/mol. The lowest BCUT2D eigenvalue weighted by molar-refractivity contribution is 0.220. The summed E-state index contributed by atoms with van der Waals surface area (Å²) in [4.78, 5) is 7.03. The molecule has 0 amide bonds. The quantitative estimate of drug-likeness (QED) is 0.893. The average Bonchev–Trinajstić information content (AvgIpc) is 2.64. The first-order valence-electron chi connectivity index (χ1n) is 7.84. The van der Waals surface area contributed by atoms with Crippen LogP contribution in [0.25, 0.3) is 0 Å². The number of pyridine rings is 1. The maximum Gasteiger partial charge on any atom is 0.128 e. The Bertz CT molecular complexity index is 417. The fourth-order valence-electron chi connectivity index (χ4n) is 3.05. The van der Waals surface area contributed by atoms with Gasteiger partial charge in [-0.15, -0.1) is 0 Å². The predicted molar refractivity (Wildman–Crippen MR) is 85.8 cm³/mol. The van der Waals surface area contributed by atoms with Crippen molar-refractivity contribution in [2.75, 3.05) is 18.0 Å². The predicted octanol–water partition coefficient (Wildman–Crippen LogP) is 3.75. The Morgan fingerprint density at radius 2 is 2.00 bits per heavy atom. The maximum absolute atomic E-state index is 5.88. The Kier molecular flexibility index (Phi) is 4.69. The van der Waals surface area contributed by atoms with E-state index in [2.05, 4.69) is 42.8 Å². The summed E-state index contributed by atoms with van der Waals surface area (Å²) in [5.41, 5.74) is 7.41.